The Labute approximate surface area is 157 Å². The van der Waals surface area contributed by atoms with Crippen LogP contribution < -0.4 is 4.90 Å². The molecule has 136 valence electrons. The minimum Gasteiger partial charge on any atom is -0.466 e. The highest BCUT2D eigenvalue weighted by molar-refractivity contribution is 7.99. The molecule has 25 heavy (non-hydrogen) atoms. The summed E-state index contributed by atoms with van der Waals surface area (Å²) in [7, 11) is 2.05. The van der Waals surface area contributed by atoms with Gasteiger partial charge in [0, 0.05) is 49.5 Å². The van der Waals surface area contributed by atoms with Gasteiger partial charge in [-0.05, 0) is 25.5 Å². The molecule has 3 rings (SSSR count). The first-order chi connectivity index (χ1) is 12.1. The normalized spacial score (nSPS) is 14.0. The van der Waals surface area contributed by atoms with E-state index in [2.05, 4.69) is 21.6 Å². The lowest BCUT2D eigenvalue weighted by Crippen LogP contribution is -2.30. The van der Waals surface area contributed by atoms with Crippen molar-refractivity contribution in [1.29, 1.82) is 0 Å². The molecule has 2 aromatic rings. The van der Waals surface area contributed by atoms with E-state index in [4.69, 9.17) is 21.3 Å². The number of anilines is 1. The lowest BCUT2D eigenvalue weighted by molar-refractivity contribution is -0.143. The summed E-state index contributed by atoms with van der Waals surface area (Å²) >= 11 is 7.84. The van der Waals surface area contributed by atoms with Gasteiger partial charge in [0.2, 0.25) is 0 Å². The number of halogens is 1. The molecule has 0 amide bonds. The molecule has 0 fully saturated rings. The molecule has 0 saturated heterocycles. The van der Waals surface area contributed by atoms with Gasteiger partial charge in [-0.2, -0.15) is 0 Å². The van der Waals surface area contributed by atoms with Gasteiger partial charge in [0.25, 0.3) is 0 Å². The van der Waals surface area contributed by atoms with Crippen molar-refractivity contribution in [2.45, 2.75) is 31.1 Å². The third kappa shape index (κ3) is 4.06. The zero-order chi connectivity index (χ0) is 17.8. The number of benzene rings is 1. The summed E-state index contributed by atoms with van der Waals surface area (Å²) in [6.07, 6.45) is 1.96. The van der Waals surface area contributed by atoms with Gasteiger partial charge >= 0.3 is 5.97 Å². The van der Waals surface area contributed by atoms with Crippen LogP contribution in [0.5, 0.6) is 0 Å². The van der Waals surface area contributed by atoms with Gasteiger partial charge in [-0.15, -0.1) is 23.4 Å². The molecule has 1 aromatic heterocycles. The van der Waals surface area contributed by atoms with Crippen molar-refractivity contribution in [1.82, 2.24) is 9.55 Å². The van der Waals surface area contributed by atoms with Crippen molar-refractivity contribution in [3.63, 3.8) is 0 Å². The fourth-order valence-electron chi connectivity index (χ4n) is 3.19. The first kappa shape index (κ1) is 18.4. The Morgan fingerprint density at radius 3 is 3.04 bits per heavy atom. The summed E-state index contributed by atoms with van der Waals surface area (Å²) in [6.45, 7) is 4.15. The Bertz CT molecular complexity index is 762. The summed E-state index contributed by atoms with van der Waals surface area (Å²) in [5, 5.41) is 0. The van der Waals surface area contributed by atoms with Crippen LogP contribution in [0.15, 0.2) is 17.0 Å². The number of aryl methyl sites for hydroxylation is 2. The molecule has 0 unspecified atom stereocenters. The van der Waals surface area contributed by atoms with E-state index in [1.54, 1.807) is 0 Å². The molecule has 7 heteroatoms. The zero-order valence-electron chi connectivity index (χ0n) is 14.8. The van der Waals surface area contributed by atoms with E-state index >= 15 is 0 Å². The van der Waals surface area contributed by atoms with Gasteiger partial charge in [0.1, 0.15) is 5.82 Å². The molecule has 0 aliphatic carbocycles. The largest absolute Gasteiger partial charge is 0.466 e. The molecular weight excluding hydrogens is 358 g/mol. The van der Waals surface area contributed by atoms with E-state index in [0.717, 1.165) is 48.5 Å². The van der Waals surface area contributed by atoms with Gasteiger partial charge in [-0.1, -0.05) is 0 Å². The topological polar surface area (TPSA) is 47.4 Å². The highest BCUT2D eigenvalue weighted by atomic mass is 35.5. The van der Waals surface area contributed by atoms with Crippen LogP contribution in [-0.4, -0.2) is 46.8 Å². The van der Waals surface area contributed by atoms with Crippen molar-refractivity contribution < 1.29 is 9.53 Å². The van der Waals surface area contributed by atoms with Crippen LogP contribution in [0, 0.1) is 0 Å². The van der Waals surface area contributed by atoms with Crippen molar-refractivity contribution in [3.8, 4) is 0 Å². The van der Waals surface area contributed by atoms with Gasteiger partial charge in [0.05, 0.1) is 23.3 Å². The molecule has 5 nitrogen and oxygen atoms in total. The standard InChI is InChI=1S/C18H24ClN3O2S/c1-3-24-18(23)6-4-5-17-20-13-11-15-16(12-14(13)21(17)2)25-10-9-22(15)8-7-19/h11-12H,3-10H2,1-2H3. The highest BCUT2D eigenvalue weighted by Gasteiger charge is 2.20. The van der Waals surface area contributed by atoms with E-state index in [-0.39, 0.29) is 5.97 Å². The van der Waals surface area contributed by atoms with Crippen molar-refractivity contribution in [2.24, 2.45) is 7.05 Å². The zero-order valence-corrected chi connectivity index (χ0v) is 16.3. The predicted molar refractivity (Wildman–Crippen MR) is 104 cm³/mol. The van der Waals surface area contributed by atoms with Crippen LogP contribution in [0.2, 0.25) is 0 Å². The second-order valence-corrected chi connectivity index (χ2v) is 7.59. The van der Waals surface area contributed by atoms with Crippen LogP contribution >= 0.6 is 23.4 Å². The van der Waals surface area contributed by atoms with Crippen molar-refractivity contribution >= 4 is 46.1 Å². The second-order valence-electron chi connectivity index (χ2n) is 6.08. The number of rotatable bonds is 7. The molecule has 0 saturated carbocycles. The Balaban J connectivity index is 1.80. The van der Waals surface area contributed by atoms with Gasteiger partial charge < -0.3 is 14.2 Å². The maximum Gasteiger partial charge on any atom is 0.305 e. The number of aromatic nitrogens is 2. The summed E-state index contributed by atoms with van der Waals surface area (Å²) in [5.41, 5.74) is 3.39. The van der Waals surface area contributed by atoms with Crippen LogP contribution in [0.3, 0.4) is 0 Å². The van der Waals surface area contributed by atoms with Gasteiger partial charge in [0.15, 0.2) is 0 Å². The Morgan fingerprint density at radius 2 is 2.28 bits per heavy atom. The summed E-state index contributed by atoms with van der Waals surface area (Å²) in [6, 6.07) is 4.41. The summed E-state index contributed by atoms with van der Waals surface area (Å²) in [5.74, 6) is 2.59. The Kier molecular flexibility index (Phi) is 6.12. The maximum atomic E-state index is 11.5. The number of imidazole rings is 1. The second kappa shape index (κ2) is 8.32. The number of ether oxygens (including phenoxy) is 1. The number of carbonyl (C=O) groups excluding carboxylic acids is 1. The number of alkyl halides is 1. The van der Waals surface area contributed by atoms with Crippen LogP contribution in [0.25, 0.3) is 11.0 Å². The molecular formula is C18H24ClN3O2S. The average molecular weight is 382 g/mol. The first-order valence-electron chi connectivity index (χ1n) is 8.72. The van der Waals surface area contributed by atoms with Gasteiger partial charge in [-0.3, -0.25) is 4.79 Å². The maximum absolute atomic E-state index is 11.5. The minimum atomic E-state index is -0.134. The number of hydrogen-bond donors (Lipinski definition) is 0. The van der Waals surface area contributed by atoms with Crippen molar-refractivity contribution in [3.05, 3.63) is 18.0 Å². The van der Waals surface area contributed by atoms with Crippen molar-refractivity contribution in [2.75, 3.05) is 36.2 Å². The molecule has 0 spiro atoms. The van der Waals surface area contributed by atoms with E-state index in [0.29, 0.717) is 18.9 Å². The van der Waals surface area contributed by atoms with E-state index < -0.39 is 0 Å². The van der Waals surface area contributed by atoms with E-state index in [1.165, 1.54) is 10.6 Å². The predicted octanol–water partition coefficient (Wildman–Crippen LogP) is 3.61. The number of esters is 1. The molecule has 0 N–H and O–H groups in total. The van der Waals surface area contributed by atoms with Crippen LogP contribution in [0.1, 0.15) is 25.6 Å². The number of nitrogens with zero attached hydrogens (tertiary/aromatic N) is 3. The molecule has 1 aliphatic heterocycles. The van der Waals surface area contributed by atoms with E-state index in [1.807, 2.05) is 25.7 Å². The lowest BCUT2D eigenvalue weighted by atomic mass is 10.2. The molecule has 0 bridgehead atoms. The highest BCUT2D eigenvalue weighted by Crippen LogP contribution is 2.37. The fourth-order valence-corrected chi connectivity index (χ4v) is 4.46. The number of fused-ring (bicyclic) bond motifs is 2. The first-order valence-corrected chi connectivity index (χ1v) is 10.2. The molecule has 2 heterocycles. The Hall–Kier alpha value is -1.40. The summed E-state index contributed by atoms with van der Waals surface area (Å²) < 4.78 is 7.13. The quantitative estimate of drug-likeness (QED) is 0.541. The fraction of sp³-hybridized carbons (Fsp3) is 0.556. The monoisotopic (exact) mass is 381 g/mol. The van der Waals surface area contributed by atoms with E-state index in [9.17, 15) is 4.79 Å². The molecule has 0 atom stereocenters. The van der Waals surface area contributed by atoms with Crippen LogP contribution in [0.4, 0.5) is 5.69 Å². The average Bonchev–Trinajstić information content (AvgIpc) is 2.90. The minimum absolute atomic E-state index is 0.134. The molecule has 1 aromatic carbocycles. The number of carbonyl (C=O) groups is 1. The third-order valence-electron chi connectivity index (χ3n) is 4.45. The van der Waals surface area contributed by atoms with Crippen LogP contribution in [-0.2, 0) is 23.0 Å². The summed E-state index contributed by atoms with van der Waals surface area (Å²) in [4.78, 5) is 19.9. The van der Waals surface area contributed by atoms with Gasteiger partial charge in [-0.25, -0.2) is 4.98 Å². The smallest absolute Gasteiger partial charge is 0.305 e. The third-order valence-corrected chi connectivity index (χ3v) is 5.65. The molecule has 0 radical (unpaired) electrons. The lowest BCUT2D eigenvalue weighted by Gasteiger charge is -2.30. The number of hydrogen-bond acceptors (Lipinski definition) is 5. The number of thioether (sulfide) groups is 1. The molecule has 1 aliphatic rings. The SMILES string of the molecule is CCOC(=O)CCCc1nc2cc3c(cc2n1C)SCCN3CCCl. The Morgan fingerprint density at radius 1 is 1.44 bits per heavy atom.